The first-order valence-electron chi connectivity index (χ1n) is 5.48. The molecular weight excluding hydrogens is 300 g/mol. The highest BCUT2D eigenvalue weighted by Crippen LogP contribution is 2.30. The Kier molecular flexibility index (Phi) is 4.17. The van der Waals surface area contributed by atoms with Crippen molar-refractivity contribution in [3.63, 3.8) is 0 Å². The molecule has 2 aromatic rings. The Balaban J connectivity index is 2.52. The molecule has 2 rings (SSSR count). The largest absolute Gasteiger partial charge is 0.432 e. The van der Waals surface area contributed by atoms with Crippen LogP contribution >= 0.6 is 11.6 Å². The SMILES string of the molecule is N#Cc1cc(F)cc(Cl)c1/N=C/c1cncc(F)c1[N+]#N. The zero-order valence-electron chi connectivity index (χ0n) is 10.3. The summed E-state index contributed by atoms with van der Waals surface area (Å²) in [7, 11) is 0. The third kappa shape index (κ3) is 2.99. The van der Waals surface area contributed by atoms with Gasteiger partial charge in [0.15, 0.2) is 4.98 Å². The molecule has 8 heteroatoms. The average molecular weight is 305 g/mol. The van der Waals surface area contributed by atoms with E-state index in [1.54, 1.807) is 6.07 Å². The Labute approximate surface area is 122 Å². The fourth-order valence-electron chi connectivity index (χ4n) is 1.56. The highest BCUT2D eigenvalue weighted by atomic mass is 35.5. The van der Waals surface area contributed by atoms with E-state index in [1.165, 1.54) is 6.20 Å². The minimum absolute atomic E-state index is 0.0220. The van der Waals surface area contributed by atoms with Gasteiger partial charge in [0.2, 0.25) is 11.2 Å². The molecule has 0 N–H and O–H groups in total. The number of halogens is 3. The van der Waals surface area contributed by atoms with Crippen LogP contribution in [0.2, 0.25) is 5.02 Å². The van der Waals surface area contributed by atoms with E-state index in [2.05, 4.69) is 15.0 Å². The van der Waals surface area contributed by atoms with Crippen LogP contribution in [0.3, 0.4) is 0 Å². The predicted octanol–water partition coefficient (Wildman–Crippen LogP) is 4.12. The summed E-state index contributed by atoms with van der Waals surface area (Å²) in [5.41, 5.74) is -0.343. The van der Waals surface area contributed by atoms with Crippen molar-refractivity contribution in [1.82, 2.24) is 4.98 Å². The Bertz CT molecular complexity index is 821. The van der Waals surface area contributed by atoms with Crippen LogP contribution in [-0.4, -0.2) is 11.2 Å². The van der Waals surface area contributed by atoms with Crippen LogP contribution in [0.25, 0.3) is 4.98 Å². The van der Waals surface area contributed by atoms with Gasteiger partial charge in [-0.05, 0) is 12.1 Å². The summed E-state index contributed by atoms with van der Waals surface area (Å²) in [5, 5.41) is 17.6. The topological polar surface area (TPSA) is 77.2 Å². The second-order valence-electron chi connectivity index (χ2n) is 3.81. The maximum absolute atomic E-state index is 13.3. The van der Waals surface area contributed by atoms with Gasteiger partial charge in [0.1, 0.15) is 17.4 Å². The van der Waals surface area contributed by atoms with Gasteiger partial charge >= 0.3 is 5.69 Å². The molecular formula is C13H5ClF2N5+. The first-order valence-corrected chi connectivity index (χ1v) is 5.86. The van der Waals surface area contributed by atoms with Crippen molar-refractivity contribution in [2.45, 2.75) is 0 Å². The molecule has 21 heavy (non-hydrogen) atoms. The van der Waals surface area contributed by atoms with Crippen molar-refractivity contribution in [2.75, 3.05) is 0 Å². The van der Waals surface area contributed by atoms with Crippen molar-refractivity contribution in [3.05, 3.63) is 57.3 Å². The van der Waals surface area contributed by atoms with Crippen LogP contribution in [0.1, 0.15) is 11.1 Å². The Morgan fingerprint density at radius 2 is 2.10 bits per heavy atom. The van der Waals surface area contributed by atoms with Gasteiger partial charge in [-0.15, -0.1) is 0 Å². The Morgan fingerprint density at radius 3 is 2.76 bits per heavy atom. The smallest absolute Gasteiger partial charge is 0.260 e. The van der Waals surface area contributed by atoms with E-state index in [-0.39, 0.29) is 27.5 Å². The standard InChI is InChI=1S/C13H5ClF2N5/c14-10-2-9(15)1-7(3-17)12(10)20-5-8-4-19-6-11(16)13(8)21-18/h1-2,4-6H/q+1/b20-5+. The molecule has 0 saturated heterocycles. The van der Waals surface area contributed by atoms with Gasteiger partial charge in [-0.1, -0.05) is 11.6 Å². The molecule has 5 nitrogen and oxygen atoms in total. The number of pyridine rings is 1. The number of rotatable bonds is 2. The molecule has 0 fully saturated rings. The third-order valence-electron chi connectivity index (χ3n) is 2.48. The van der Waals surface area contributed by atoms with Crippen LogP contribution in [0, 0.1) is 28.4 Å². The number of nitriles is 1. The lowest BCUT2D eigenvalue weighted by Gasteiger charge is -2.00. The van der Waals surface area contributed by atoms with Crippen molar-refractivity contribution in [2.24, 2.45) is 4.99 Å². The maximum atomic E-state index is 13.3. The number of diazo groups is 1. The number of aliphatic imine (C=N–C) groups is 1. The molecule has 0 bridgehead atoms. The number of hydrogen-bond acceptors (Lipinski definition) is 4. The molecule has 1 aromatic heterocycles. The zero-order chi connectivity index (χ0) is 15.4. The summed E-state index contributed by atoms with van der Waals surface area (Å²) in [6.45, 7) is 0. The molecule has 0 atom stereocenters. The first-order chi connectivity index (χ1) is 10.1. The highest BCUT2D eigenvalue weighted by molar-refractivity contribution is 6.33. The number of nitrogens with zero attached hydrogens (tertiary/aromatic N) is 5. The van der Waals surface area contributed by atoms with Crippen molar-refractivity contribution >= 4 is 29.2 Å². The van der Waals surface area contributed by atoms with E-state index >= 15 is 0 Å². The van der Waals surface area contributed by atoms with Gasteiger partial charge in [0.25, 0.3) is 0 Å². The third-order valence-corrected chi connectivity index (χ3v) is 2.77. The Hall–Kier alpha value is -2.90. The van der Waals surface area contributed by atoms with Crippen LogP contribution < -0.4 is 0 Å². The van der Waals surface area contributed by atoms with Gasteiger partial charge in [0.05, 0.1) is 22.5 Å². The molecule has 0 aliphatic carbocycles. The fourth-order valence-corrected chi connectivity index (χ4v) is 1.81. The minimum atomic E-state index is -0.841. The van der Waals surface area contributed by atoms with Gasteiger partial charge in [0, 0.05) is 12.4 Å². The summed E-state index contributed by atoms with van der Waals surface area (Å²) >= 11 is 5.82. The lowest BCUT2D eigenvalue weighted by Crippen LogP contribution is -1.89. The molecule has 1 aromatic carbocycles. The molecule has 0 aliphatic heterocycles. The lowest BCUT2D eigenvalue weighted by molar-refractivity contribution is 0.626. The van der Waals surface area contributed by atoms with Crippen molar-refractivity contribution < 1.29 is 8.78 Å². The molecule has 0 saturated carbocycles. The molecule has 0 aliphatic rings. The predicted molar refractivity (Wildman–Crippen MR) is 72.3 cm³/mol. The van der Waals surface area contributed by atoms with E-state index in [0.29, 0.717) is 0 Å². The van der Waals surface area contributed by atoms with E-state index in [1.807, 2.05) is 0 Å². The summed E-state index contributed by atoms with van der Waals surface area (Å²) < 4.78 is 26.5. The van der Waals surface area contributed by atoms with Gasteiger partial charge in [-0.2, -0.15) is 9.65 Å². The number of hydrogen-bond donors (Lipinski definition) is 0. The summed E-state index contributed by atoms with van der Waals surface area (Å²) in [4.78, 5) is 10.3. The average Bonchev–Trinajstić information content (AvgIpc) is 2.45. The monoisotopic (exact) mass is 304 g/mol. The molecule has 0 radical (unpaired) electrons. The second kappa shape index (κ2) is 6.04. The van der Waals surface area contributed by atoms with E-state index in [4.69, 9.17) is 22.3 Å². The summed E-state index contributed by atoms with van der Waals surface area (Å²) in [6, 6.07) is 3.72. The molecule has 0 amide bonds. The summed E-state index contributed by atoms with van der Waals surface area (Å²) in [6.07, 6.45) is 3.20. The highest BCUT2D eigenvalue weighted by Gasteiger charge is 2.20. The van der Waals surface area contributed by atoms with E-state index in [0.717, 1.165) is 24.5 Å². The minimum Gasteiger partial charge on any atom is -0.260 e. The molecule has 0 spiro atoms. The summed E-state index contributed by atoms with van der Waals surface area (Å²) in [5.74, 6) is -1.51. The lowest BCUT2D eigenvalue weighted by atomic mass is 10.2. The fraction of sp³-hybridized carbons (Fsp3) is 0. The van der Waals surface area contributed by atoms with E-state index < -0.39 is 11.6 Å². The molecule has 1 heterocycles. The maximum Gasteiger partial charge on any atom is 0.432 e. The van der Waals surface area contributed by atoms with Crippen molar-refractivity contribution in [3.8, 4) is 6.07 Å². The molecule has 102 valence electrons. The number of aromatic nitrogens is 1. The van der Waals surface area contributed by atoms with E-state index in [9.17, 15) is 8.78 Å². The van der Waals surface area contributed by atoms with Gasteiger partial charge < -0.3 is 0 Å². The zero-order valence-corrected chi connectivity index (χ0v) is 11.0. The van der Waals surface area contributed by atoms with Crippen LogP contribution in [0.4, 0.5) is 20.2 Å². The van der Waals surface area contributed by atoms with Gasteiger partial charge in [-0.3, -0.25) is 9.98 Å². The van der Waals surface area contributed by atoms with Crippen LogP contribution in [0.5, 0.6) is 0 Å². The van der Waals surface area contributed by atoms with Crippen LogP contribution in [-0.2, 0) is 0 Å². The van der Waals surface area contributed by atoms with Gasteiger partial charge in [-0.25, -0.2) is 4.39 Å². The Morgan fingerprint density at radius 1 is 1.33 bits per heavy atom. The van der Waals surface area contributed by atoms with Crippen LogP contribution in [0.15, 0.2) is 29.5 Å². The normalized spacial score (nSPS) is 10.3. The van der Waals surface area contributed by atoms with Crippen molar-refractivity contribution in [1.29, 1.82) is 10.7 Å². The number of benzene rings is 1. The molecule has 0 unspecified atom stereocenters. The quantitative estimate of drug-likeness (QED) is 0.618. The second-order valence-corrected chi connectivity index (χ2v) is 4.22. The first kappa shape index (κ1) is 14.5.